The summed E-state index contributed by atoms with van der Waals surface area (Å²) in [7, 11) is 1.43. The minimum atomic E-state index is -4.46. The highest BCUT2D eigenvalue weighted by atomic mass is 19.4. The molecule has 1 N–H and O–H groups in total. The lowest BCUT2D eigenvalue weighted by atomic mass is 10.1. The summed E-state index contributed by atoms with van der Waals surface area (Å²) >= 11 is 0. The van der Waals surface area contributed by atoms with Crippen LogP contribution in [0.4, 0.5) is 13.2 Å². The van der Waals surface area contributed by atoms with Gasteiger partial charge in [0.25, 0.3) is 5.91 Å². The van der Waals surface area contributed by atoms with E-state index in [4.69, 9.17) is 9.52 Å². The van der Waals surface area contributed by atoms with Crippen LogP contribution in [0.5, 0.6) is 0 Å². The van der Waals surface area contributed by atoms with Crippen molar-refractivity contribution in [1.82, 2.24) is 4.90 Å². The first-order valence-electron chi connectivity index (χ1n) is 7.30. The number of benzene rings is 1. The molecule has 0 saturated heterocycles. The maximum atomic E-state index is 12.8. The molecule has 0 aliphatic rings. The van der Waals surface area contributed by atoms with Crippen molar-refractivity contribution in [3.63, 3.8) is 0 Å². The second-order valence-corrected chi connectivity index (χ2v) is 5.65. The summed E-state index contributed by atoms with van der Waals surface area (Å²) < 4.78 is 43.4. The summed E-state index contributed by atoms with van der Waals surface area (Å²) in [6.07, 6.45) is -3.63. The number of carboxylic acids is 1. The second kappa shape index (κ2) is 7.00. The molecule has 0 radical (unpaired) electrons. The number of carbonyl (C=O) groups excluding carboxylic acids is 1. The molecule has 0 aliphatic carbocycles. The number of rotatable bonds is 5. The lowest BCUT2D eigenvalue weighted by Crippen LogP contribution is -2.27. The molecule has 0 bridgehead atoms. The van der Waals surface area contributed by atoms with Crippen LogP contribution in [0.2, 0.25) is 0 Å². The number of hydrogen-bond acceptors (Lipinski definition) is 3. The SMILES string of the molecule is Cc1coc(CC(=O)O)c1C(=O)N(C)Cc1cccc(C(F)(F)F)c1. The average molecular weight is 355 g/mol. The third kappa shape index (κ3) is 4.40. The minimum absolute atomic E-state index is 0.0193. The minimum Gasteiger partial charge on any atom is -0.481 e. The van der Waals surface area contributed by atoms with E-state index >= 15 is 0 Å². The summed E-state index contributed by atoms with van der Waals surface area (Å²) in [4.78, 5) is 24.6. The van der Waals surface area contributed by atoms with Gasteiger partial charge in [-0.2, -0.15) is 13.2 Å². The molecule has 1 amide bonds. The molecule has 0 aliphatic heterocycles. The Hall–Kier alpha value is -2.77. The summed E-state index contributed by atoms with van der Waals surface area (Å²) in [5.74, 6) is -1.64. The molecule has 0 fully saturated rings. The Balaban J connectivity index is 2.22. The van der Waals surface area contributed by atoms with Crippen LogP contribution in [0, 0.1) is 6.92 Å². The van der Waals surface area contributed by atoms with Crippen LogP contribution >= 0.6 is 0 Å². The summed E-state index contributed by atoms with van der Waals surface area (Å²) in [6, 6.07) is 4.69. The van der Waals surface area contributed by atoms with Gasteiger partial charge in [-0.3, -0.25) is 9.59 Å². The van der Waals surface area contributed by atoms with Crippen LogP contribution in [-0.2, 0) is 23.9 Å². The monoisotopic (exact) mass is 355 g/mol. The van der Waals surface area contributed by atoms with E-state index in [-0.39, 0.29) is 17.9 Å². The zero-order valence-electron chi connectivity index (χ0n) is 13.6. The van der Waals surface area contributed by atoms with Crippen molar-refractivity contribution in [2.75, 3.05) is 7.05 Å². The molecule has 134 valence electrons. The van der Waals surface area contributed by atoms with Gasteiger partial charge in [-0.15, -0.1) is 0 Å². The fourth-order valence-corrected chi connectivity index (χ4v) is 2.44. The van der Waals surface area contributed by atoms with Crippen LogP contribution in [0.25, 0.3) is 0 Å². The fraction of sp³-hybridized carbons (Fsp3) is 0.294. The third-order valence-corrected chi connectivity index (χ3v) is 3.60. The van der Waals surface area contributed by atoms with E-state index in [1.165, 1.54) is 30.3 Å². The van der Waals surface area contributed by atoms with Gasteiger partial charge in [0.1, 0.15) is 12.2 Å². The molecule has 0 saturated carbocycles. The third-order valence-electron chi connectivity index (χ3n) is 3.60. The molecule has 1 aromatic heterocycles. The first kappa shape index (κ1) is 18.6. The quantitative estimate of drug-likeness (QED) is 0.891. The Morgan fingerprint density at radius 3 is 2.56 bits per heavy atom. The molecular weight excluding hydrogens is 339 g/mol. The largest absolute Gasteiger partial charge is 0.481 e. The fourth-order valence-electron chi connectivity index (χ4n) is 2.44. The lowest BCUT2D eigenvalue weighted by Gasteiger charge is -2.18. The maximum absolute atomic E-state index is 12.8. The van der Waals surface area contributed by atoms with Gasteiger partial charge in [0.05, 0.1) is 17.4 Å². The van der Waals surface area contributed by atoms with E-state index in [1.54, 1.807) is 6.92 Å². The number of halogens is 3. The van der Waals surface area contributed by atoms with Crippen LogP contribution in [0.15, 0.2) is 34.9 Å². The number of alkyl halides is 3. The van der Waals surface area contributed by atoms with Crippen molar-refractivity contribution < 1.29 is 32.3 Å². The standard InChI is InChI=1S/C17H16F3NO4/c1-10-9-25-13(7-14(22)23)15(10)16(24)21(2)8-11-4-3-5-12(6-11)17(18,19)20/h3-6,9H,7-8H2,1-2H3,(H,22,23). The van der Waals surface area contributed by atoms with E-state index in [9.17, 15) is 22.8 Å². The predicted molar refractivity (Wildman–Crippen MR) is 82.0 cm³/mol. The van der Waals surface area contributed by atoms with Crippen molar-refractivity contribution in [2.45, 2.75) is 26.1 Å². The number of aryl methyl sites for hydroxylation is 1. The van der Waals surface area contributed by atoms with Gasteiger partial charge in [0, 0.05) is 19.2 Å². The van der Waals surface area contributed by atoms with Gasteiger partial charge in [0.15, 0.2) is 0 Å². The normalized spacial score (nSPS) is 11.4. The number of aliphatic carboxylic acids is 1. The number of amides is 1. The number of hydrogen-bond donors (Lipinski definition) is 1. The zero-order valence-corrected chi connectivity index (χ0v) is 13.6. The van der Waals surface area contributed by atoms with Gasteiger partial charge in [-0.25, -0.2) is 0 Å². The van der Waals surface area contributed by atoms with Gasteiger partial charge < -0.3 is 14.4 Å². The van der Waals surface area contributed by atoms with E-state index in [2.05, 4.69) is 0 Å². The highest BCUT2D eigenvalue weighted by Crippen LogP contribution is 2.30. The Kier molecular flexibility index (Phi) is 5.20. The second-order valence-electron chi connectivity index (χ2n) is 5.65. The molecule has 2 rings (SSSR count). The van der Waals surface area contributed by atoms with Crippen molar-refractivity contribution in [3.8, 4) is 0 Å². The Morgan fingerprint density at radius 1 is 1.28 bits per heavy atom. The van der Waals surface area contributed by atoms with Crippen molar-refractivity contribution in [1.29, 1.82) is 0 Å². The number of carboxylic acid groups (broad SMARTS) is 1. The first-order chi connectivity index (χ1) is 11.6. The maximum Gasteiger partial charge on any atom is 0.416 e. The number of carbonyl (C=O) groups is 2. The molecule has 25 heavy (non-hydrogen) atoms. The highest BCUT2D eigenvalue weighted by Gasteiger charge is 2.30. The summed E-state index contributed by atoms with van der Waals surface area (Å²) in [6.45, 7) is 1.54. The van der Waals surface area contributed by atoms with Gasteiger partial charge in [-0.1, -0.05) is 12.1 Å². The summed E-state index contributed by atoms with van der Waals surface area (Å²) in [5.41, 5.74) is 0.109. The Bertz CT molecular complexity index is 795. The van der Waals surface area contributed by atoms with Crippen molar-refractivity contribution in [3.05, 3.63) is 58.5 Å². The van der Waals surface area contributed by atoms with Crippen LogP contribution in [0.3, 0.4) is 0 Å². The molecule has 1 aromatic carbocycles. The molecule has 2 aromatic rings. The van der Waals surface area contributed by atoms with Gasteiger partial charge >= 0.3 is 12.1 Å². The highest BCUT2D eigenvalue weighted by molar-refractivity contribution is 5.97. The van der Waals surface area contributed by atoms with Crippen molar-refractivity contribution >= 4 is 11.9 Å². The van der Waals surface area contributed by atoms with E-state index in [1.807, 2.05) is 0 Å². The van der Waals surface area contributed by atoms with Crippen LogP contribution in [-0.4, -0.2) is 28.9 Å². The Morgan fingerprint density at radius 2 is 1.96 bits per heavy atom. The van der Waals surface area contributed by atoms with Gasteiger partial charge in [0.2, 0.25) is 0 Å². The Labute approximate surface area is 141 Å². The lowest BCUT2D eigenvalue weighted by molar-refractivity contribution is -0.138. The van der Waals surface area contributed by atoms with Crippen LogP contribution in [0.1, 0.15) is 32.8 Å². The smallest absolute Gasteiger partial charge is 0.416 e. The molecule has 8 heteroatoms. The van der Waals surface area contributed by atoms with Crippen LogP contribution < -0.4 is 0 Å². The van der Waals surface area contributed by atoms with Crippen molar-refractivity contribution in [2.24, 2.45) is 0 Å². The first-order valence-corrected chi connectivity index (χ1v) is 7.30. The number of furan rings is 1. The van der Waals surface area contributed by atoms with E-state index in [0.29, 0.717) is 11.1 Å². The molecule has 5 nitrogen and oxygen atoms in total. The molecule has 1 heterocycles. The molecular formula is C17H16F3NO4. The van der Waals surface area contributed by atoms with E-state index in [0.717, 1.165) is 12.1 Å². The molecule has 0 spiro atoms. The topological polar surface area (TPSA) is 70.7 Å². The van der Waals surface area contributed by atoms with E-state index < -0.39 is 30.0 Å². The van der Waals surface area contributed by atoms with Gasteiger partial charge in [-0.05, 0) is 24.6 Å². The zero-order chi connectivity index (χ0) is 18.8. The number of nitrogens with zero attached hydrogens (tertiary/aromatic N) is 1. The molecule has 0 unspecified atom stereocenters. The predicted octanol–water partition coefficient (Wildman–Crippen LogP) is 3.51. The summed E-state index contributed by atoms with van der Waals surface area (Å²) in [5, 5.41) is 8.87. The average Bonchev–Trinajstić information content (AvgIpc) is 2.85. The molecule has 0 atom stereocenters.